The van der Waals surface area contributed by atoms with Gasteiger partial charge in [0.15, 0.2) is 6.10 Å². The Morgan fingerprint density at radius 2 is 1.78 bits per heavy atom. The quantitative estimate of drug-likeness (QED) is 0.581. The van der Waals surface area contributed by atoms with Crippen LogP contribution in [0.15, 0.2) is 51.7 Å². The second-order valence-electron chi connectivity index (χ2n) is 8.86. The van der Waals surface area contributed by atoms with Crippen LogP contribution in [-0.2, 0) is 11.3 Å². The molecule has 1 fully saturated rings. The molecule has 0 spiro atoms. The van der Waals surface area contributed by atoms with Crippen molar-refractivity contribution in [3.63, 3.8) is 0 Å². The third-order valence-corrected chi connectivity index (χ3v) is 6.61. The highest BCUT2D eigenvalue weighted by Crippen LogP contribution is 2.35. The summed E-state index contributed by atoms with van der Waals surface area (Å²) in [6.45, 7) is 6.60. The number of rotatable bonds is 3. The molecule has 3 aromatic rings. The lowest BCUT2D eigenvalue weighted by Gasteiger charge is -2.38. The van der Waals surface area contributed by atoms with E-state index in [1.807, 2.05) is 42.2 Å². The molecule has 166 valence electrons. The first-order chi connectivity index (χ1) is 15.5. The number of benzene rings is 2. The predicted molar refractivity (Wildman–Crippen MR) is 124 cm³/mol. The van der Waals surface area contributed by atoms with Crippen molar-refractivity contribution in [3.05, 3.63) is 69.6 Å². The standard InChI is InChI=1S/C26H28N2O4/c1-17-12-20-19(14-25(29)32-23(20)13-18(17)2)15-28-16-24(26(30)27-10-6-3-7-11-27)31-22-9-5-4-8-21(22)28/h4-5,8-9,12-14,24H,3,6-7,10-11,15-16H2,1-2H3/t24-/m0/s1. The van der Waals surface area contributed by atoms with Gasteiger partial charge in [-0.15, -0.1) is 0 Å². The van der Waals surface area contributed by atoms with Gasteiger partial charge in [0.1, 0.15) is 11.3 Å². The minimum Gasteiger partial charge on any atom is -0.477 e. The molecule has 3 heterocycles. The molecule has 0 bridgehead atoms. The Morgan fingerprint density at radius 1 is 1.03 bits per heavy atom. The van der Waals surface area contributed by atoms with Crippen LogP contribution in [0.5, 0.6) is 5.75 Å². The van der Waals surface area contributed by atoms with E-state index in [-0.39, 0.29) is 11.5 Å². The van der Waals surface area contributed by atoms with E-state index in [4.69, 9.17) is 9.15 Å². The Morgan fingerprint density at radius 3 is 2.59 bits per heavy atom. The van der Waals surface area contributed by atoms with Gasteiger partial charge in [0.25, 0.3) is 5.91 Å². The van der Waals surface area contributed by atoms with Gasteiger partial charge in [0, 0.05) is 31.1 Å². The number of para-hydroxylation sites is 2. The fraction of sp³-hybridized carbons (Fsp3) is 0.385. The minimum absolute atomic E-state index is 0.0492. The van der Waals surface area contributed by atoms with E-state index in [1.165, 1.54) is 6.42 Å². The topological polar surface area (TPSA) is 63.0 Å². The zero-order valence-corrected chi connectivity index (χ0v) is 18.6. The second-order valence-corrected chi connectivity index (χ2v) is 8.86. The first-order valence-electron chi connectivity index (χ1n) is 11.3. The maximum Gasteiger partial charge on any atom is 0.336 e. The first kappa shape index (κ1) is 20.6. The maximum atomic E-state index is 13.2. The van der Waals surface area contributed by atoms with E-state index in [2.05, 4.69) is 17.9 Å². The average Bonchev–Trinajstić information content (AvgIpc) is 2.80. The summed E-state index contributed by atoms with van der Waals surface area (Å²) < 4.78 is 11.6. The van der Waals surface area contributed by atoms with Gasteiger partial charge in [-0.3, -0.25) is 4.79 Å². The monoisotopic (exact) mass is 432 g/mol. The predicted octanol–water partition coefficient (Wildman–Crippen LogP) is 4.19. The summed E-state index contributed by atoms with van der Waals surface area (Å²) in [6.07, 6.45) is 2.71. The van der Waals surface area contributed by atoms with Crippen LogP contribution in [0, 0.1) is 13.8 Å². The molecule has 32 heavy (non-hydrogen) atoms. The molecule has 0 N–H and O–H groups in total. The molecule has 0 unspecified atom stereocenters. The van der Waals surface area contributed by atoms with Crippen molar-refractivity contribution in [2.75, 3.05) is 24.5 Å². The lowest BCUT2D eigenvalue weighted by Crippen LogP contribution is -2.51. The van der Waals surface area contributed by atoms with Gasteiger partial charge in [0.05, 0.1) is 12.2 Å². The molecule has 1 aromatic heterocycles. The Balaban J connectivity index is 1.50. The Bertz CT molecular complexity index is 1230. The second kappa shape index (κ2) is 8.34. The molecule has 2 aromatic carbocycles. The molecule has 5 rings (SSSR count). The molecule has 0 radical (unpaired) electrons. The van der Waals surface area contributed by atoms with Crippen molar-refractivity contribution in [2.24, 2.45) is 0 Å². The van der Waals surface area contributed by atoms with Crippen LogP contribution in [0.4, 0.5) is 5.69 Å². The lowest BCUT2D eigenvalue weighted by molar-refractivity contribution is -0.139. The van der Waals surface area contributed by atoms with Crippen molar-refractivity contribution in [1.29, 1.82) is 0 Å². The number of nitrogens with zero attached hydrogens (tertiary/aromatic N) is 2. The van der Waals surface area contributed by atoms with Crippen molar-refractivity contribution in [3.8, 4) is 5.75 Å². The van der Waals surface area contributed by atoms with E-state index in [1.54, 1.807) is 6.07 Å². The van der Waals surface area contributed by atoms with Crippen molar-refractivity contribution < 1.29 is 13.9 Å². The highest BCUT2D eigenvalue weighted by Gasteiger charge is 2.34. The smallest absolute Gasteiger partial charge is 0.336 e. The number of piperidine rings is 1. The lowest BCUT2D eigenvalue weighted by atomic mass is 10.0. The SMILES string of the molecule is Cc1cc2oc(=O)cc(CN3C[C@@H](C(=O)N4CCCCC4)Oc4ccccc43)c2cc1C. The molecule has 1 saturated heterocycles. The van der Waals surface area contributed by atoms with E-state index in [0.717, 1.165) is 53.7 Å². The summed E-state index contributed by atoms with van der Waals surface area (Å²) in [4.78, 5) is 29.6. The largest absolute Gasteiger partial charge is 0.477 e. The Hall–Kier alpha value is -3.28. The number of carbonyl (C=O) groups excluding carboxylic acids is 1. The van der Waals surface area contributed by atoms with Crippen LogP contribution in [0.3, 0.4) is 0 Å². The van der Waals surface area contributed by atoms with Gasteiger partial charge in [-0.05, 0) is 74.1 Å². The summed E-state index contributed by atoms with van der Waals surface area (Å²) >= 11 is 0. The molecule has 2 aliphatic heterocycles. The van der Waals surface area contributed by atoms with E-state index in [9.17, 15) is 9.59 Å². The highest BCUT2D eigenvalue weighted by atomic mass is 16.5. The maximum absolute atomic E-state index is 13.2. The molecule has 0 aliphatic carbocycles. The summed E-state index contributed by atoms with van der Waals surface area (Å²) in [5.41, 5.74) is 4.28. The fourth-order valence-electron chi connectivity index (χ4n) is 4.72. The molecule has 6 heteroatoms. The van der Waals surface area contributed by atoms with Crippen LogP contribution >= 0.6 is 0 Å². The number of amides is 1. The minimum atomic E-state index is -0.557. The number of likely N-dealkylation sites (tertiary alicyclic amines) is 1. The van der Waals surface area contributed by atoms with Crippen molar-refractivity contribution in [1.82, 2.24) is 4.90 Å². The van der Waals surface area contributed by atoms with Gasteiger partial charge in [-0.25, -0.2) is 4.79 Å². The molecule has 0 saturated carbocycles. The number of hydrogen-bond donors (Lipinski definition) is 0. The molecule has 1 atom stereocenters. The van der Waals surface area contributed by atoms with Crippen LogP contribution in [-0.4, -0.2) is 36.5 Å². The van der Waals surface area contributed by atoms with Crippen molar-refractivity contribution in [2.45, 2.75) is 45.8 Å². The van der Waals surface area contributed by atoms with Gasteiger partial charge in [0.2, 0.25) is 0 Å². The number of carbonyl (C=O) groups is 1. The Kier molecular flexibility index (Phi) is 5.37. The molecular formula is C26H28N2O4. The summed E-state index contributed by atoms with van der Waals surface area (Å²) in [5.74, 6) is 0.751. The van der Waals surface area contributed by atoms with Crippen LogP contribution in [0.1, 0.15) is 36.0 Å². The third-order valence-electron chi connectivity index (χ3n) is 6.61. The number of fused-ring (bicyclic) bond motifs is 2. The zero-order valence-electron chi connectivity index (χ0n) is 18.6. The van der Waals surface area contributed by atoms with Gasteiger partial charge >= 0.3 is 5.63 Å². The van der Waals surface area contributed by atoms with Gasteiger partial charge in [-0.2, -0.15) is 0 Å². The Labute approximate surface area is 187 Å². The number of aryl methyl sites for hydroxylation is 2. The first-order valence-corrected chi connectivity index (χ1v) is 11.3. The molecular weight excluding hydrogens is 404 g/mol. The third kappa shape index (κ3) is 3.85. The highest BCUT2D eigenvalue weighted by molar-refractivity contribution is 5.84. The number of hydrogen-bond acceptors (Lipinski definition) is 5. The summed E-state index contributed by atoms with van der Waals surface area (Å²) in [6, 6.07) is 13.4. The van der Waals surface area contributed by atoms with Crippen LogP contribution in [0.2, 0.25) is 0 Å². The molecule has 1 amide bonds. The van der Waals surface area contributed by atoms with E-state index < -0.39 is 6.10 Å². The average molecular weight is 433 g/mol. The van der Waals surface area contributed by atoms with E-state index >= 15 is 0 Å². The van der Waals surface area contributed by atoms with Gasteiger partial charge < -0.3 is 19.0 Å². The van der Waals surface area contributed by atoms with Gasteiger partial charge in [-0.1, -0.05) is 12.1 Å². The van der Waals surface area contributed by atoms with Crippen LogP contribution < -0.4 is 15.3 Å². The van der Waals surface area contributed by atoms with E-state index in [0.29, 0.717) is 24.4 Å². The van der Waals surface area contributed by atoms with Crippen LogP contribution in [0.25, 0.3) is 11.0 Å². The fourth-order valence-corrected chi connectivity index (χ4v) is 4.72. The molecule has 2 aliphatic rings. The molecule has 6 nitrogen and oxygen atoms in total. The van der Waals surface area contributed by atoms with Crippen molar-refractivity contribution >= 4 is 22.6 Å². The summed E-state index contributed by atoms with van der Waals surface area (Å²) in [7, 11) is 0. The normalized spacial score (nSPS) is 18.4. The zero-order chi connectivity index (χ0) is 22.2. The summed E-state index contributed by atoms with van der Waals surface area (Å²) in [5, 5.41) is 0.926. The number of ether oxygens (including phenoxy) is 1. The number of anilines is 1.